The van der Waals surface area contributed by atoms with E-state index in [0.717, 1.165) is 5.56 Å². The predicted octanol–water partition coefficient (Wildman–Crippen LogP) is 2.00. The van der Waals surface area contributed by atoms with Gasteiger partial charge in [0.1, 0.15) is 17.0 Å². The van der Waals surface area contributed by atoms with Crippen LogP contribution < -0.4 is 10.9 Å². The number of nitrogens with zero attached hydrogens (tertiary/aromatic N) is 2. The maximum Gasteiger partial charge on any atom is 0.264 e. The normalized spacial score (nSPS) is 10.7. The highest BCUT2D eigenvalue weighted by atomic mass is 19.1. The highest BCUT2D eigenvalue weighted by molar-refractivity contribution is 5.96. The van der Waals surface area contributed by atoms with Gasteiger partial charge in [-0.25, -0.2) is 9.37 Å². The average molecular weight is 311 g/mol. The molecule has 0 saturated heterocycles. The van der Waals surface area contributed by atoms with Crippen LogP contribution in [0.5, 0.6) is 0 Å². The van der Waals surface area contributed by atoms with Crippen molar-refractivity contribution >= 4 is 16.9 Å². The van der Waals surface area contributed by atoms with E-state index in [2.05, 4.69) is 10.3 Å². The van der Waals surface area contributed by atoms with E-state index in [0.29, 0.717) is 11.0 Å². The van der Waals surface area contributed by atoms with E-state index in [1.54, 1.807) is 37.5 Å². The molecule has 2 heterocycles. The van der Waals surface area contributed by atoms with Gasteiger partial charge >= 0.3 is 0 Å². The summed E-state index contributed by atoms with van der Waals surface area (Å²) in [5.41, 5.74) is 0.912. The first-order valence-corrected chi connectivity index (χ1v) is 7.03. The van der Waals surface area contributed by atoms with E-state index in [1.807, 2.05) is 0 Å². The van der Waals surface area contributed by atoms with Crippen molar-refractivity contribution in [1.82, 2.24) is 14.9 Å². The minimum absolute atomic E-state index is 0.0510. The summed E-state index contributed by atoms with van der Waals surface area (Å²) in [5.74, 6) is -0.809. The summed E-state index contributed by atoms with van der Waals surface area (Å²) in [5, 5.41) is 3.38. The number of benzene rings is 1. The van der Waals surface area contributed by atoms with Gasteiger partial charge in [-0.15, -0.1) is 0 Å². The number of halogens is 1. The maximum atomic E-state index is 12.9. The number of fused-ring (bicyclic) bond motifs is 1. The van der Waals surface area contributed by atoms with E-state index in [-0.39, 0.29) is 17.9 Å². The zero-order chi connectivity index (χ0) is 16.4. The predicted molar refractivity (Wildman–Crippen MR) is 84.6 cm³/mol. The SMILES string of the molecule is Cn1c(=O)c(C(=O)NCc2ccc(F)cc2)cc2cccnc21. The van der Waals surface area contributed by atoms with E-state index >= 15 is 0 Å². The largest absolute Gasteiger partial charge is 0.348 e. The second-order valence-corrected chi connectivity index (χ2v) is 5.15. The number of hydrogen-bond acceptors (Lipinski definition) is 3. The average Bonchev–Trinajstić information content (AvgIpc) is 2.57. The van der Waals surface area contributed by atoms with Crippen molar-refractivity contribution in [3.05, 3.63) is 76.0 Å². The summed E-state index contributed by atoms with van der Waals surface area (Å²) in [4.78, 5) is 28.7. The summed E-state index contributed by atoms with van der Waals surface area (Å²) < 4.78 is 14.2. The second-order valence-electron chi connectivity index (χ2n) is 5.15. The van der Waals surface area contributed by atoms with Gasteiger partial charge in [-0.2, -0.15) is 0 Å². The van der Waals surface area contributed by atoms with Crippen molar-refractivity contribution in [1.29, 1.82) is 0 Å². The Labute approximate surface area is 131 Å². The molecule has 1 amide bonds. The minimum atomic E-state index is -0.472. The number of hydrogen-bond donors (Lipinski definition) is 1. The van der Waals surface area contributed by atoms with E-state index in [4.69, 9.17) is 0 Å². The molecular formula is C17H14FN3O2. The van der Waals surface area contributed by atoms with Crippen LogP contribution in [0.15, 0.2) is 53.5 Å². The van der Waals surface area contributed by atoms with Crippen molar-refractivity contribution in [3.8, 4) is 0 Å². The smallest absolute Gasteiger partial charge is 0.264 e. The first-order valence-electron chi connectivity index (χ1n) is 7.03. The third-order valence-electron chi connectivity index (χ3n) is 3.58. The molecule has 0 radical (unpaired) electrons. The molecular weight excluding hydrogens is 297 g/mol. The Morgan fingerprint density at radius 3 is 2.74 bits per heavy atom. The topological polar surface area (TPSA) is 64.0 Å². The van der Waals surface area contributed by atoms with Crippen LogP contribution in [0.1, 0.15) is 15.9 Å². The van der Waals surface area contributed by atoms with E-state index in [9.17, 15) is 14.0 Å². The monoisotopic (exact) mass is 311 g/mol. The molecule has 0 spiro atoms. The number of pyridine rings is 2. The summed E-state index contributed by atoms with van der Waals surface area (Å²) in [6.45, 7) is 0.216. The molecule has 0 saturated carbocycles. The highest BCUT2D eigenvalue weighted by Crippen LogP contribution is 2.10. The number of aromatic nitrogens is 2. The van der Waals surface area contributed by atoms with Crippen molar-refractivity contribution in [3.63, 3.8) is 0 Å². The van der Waals surface area contributed by atoms with Crippen LogP contribution in [-0.4, -0.2) is 15.5 Å². The van der Waals surface area contributed by atoms with Gasteiger partial charge in [-0.3, -0.25) is 14.2 Å². The van der Waals surface area contributed by atoms with Crippen molar-refractivity contribution in [2.75, 3.05) is 0 Å². The van der Waals surface area contributed by atoms with Crippen LogP contribution in [0.25, 0.3) is 11.0 Å². The van der Waals surface area contributed by atoms with Gasteiger partial charge in [0.2, 0.25) is 0 Å². The fraction of sp³-hybridized carbons (Fsp3) is 0.118. The number of carbonyl (C=O) groups excluding carboxylic acids is 1. The number of nitrogens with one attached hydrogen (secondary N) is 1. The molecule has 0 aliphatic rings. The molecule has 23 heavy (non-hydrogen) atoms. The summed E-state index contributed by atoms with van der Waals surface area (Å²) in [6, 6.07) is 10.9. The maximum absolute atomic E-state index is 12.9. The fourth-order valence-electron chi connectivity index (χ4n) is 2.34. The van der Waals surface area contributed by atoms with Crippen LogP contribution in [-0.2, 0) is 13.6 Å². The molecule has 3 aromatic rings. The Kier molecular flexibility index (Phi) is 3.89. The van der Waals surface area contributed by atoms with Crippen molar-refractivity contribution in [2.24, 2.45) is 7.05 Å². The molecule has 1 N–H and O–H groups in total. The first kappa shape index (κ1) is 14.9. The Balaban J connectivity index is 1.87. The lowest BCUT2D eigenvalue weighted by Crippen LogP contribution is -2.32. The van der Waals surface area contributed by atoms with Crippen LogP contribution >= 0.6 is 0 Å². The summed E-state index contributed by atoms with van der Waals surface area (Å²) in [6.07, 6.45) is 1.59. The van der Waals surface area contributed by atoms with Crippen LogP contribution in [0.4, 0.5) is 4.39 Å². The van der Waals surface area contributed by atoms with Gasteiger partial charge in [0, 0.05) is 25.2 Å². The van der Waals surface area contributed by atoms with E-state index < -0.39 is 11.5 Å². The zero-order valence-corrected chi connectivity index (χ0v) is 12.4. The molecule has 2 aromatic heterocycles. The zero-order valence-electron chi connectivity index (χ0n) is 12.4. The highest BCUT2D eigenvalue weighted by Gasteiger charge is 2.14. The molecule has 3 rings (SSSR count). The van der Waals surface area contributed by atoms with Crippen molar-refractivity contribution < 1.29 is 9.18 Å². The van der Waals surface area contributed by atoms with Crippen LogP contribution in [0, 0.1) is 5.82 Å². The lowest BCUT2D eigenvalue weighted by atomic mass is 10.1. The molecule has 116 valence electrons. The van der Waals surface area contributed by atoms with Crippen molar-refractivity contribution in [2.45, 2.75) is 6.54 Å². The molecule has 5 nitrogen and oxygen atoms in total. The number of carbonyl (C=O) groups is 1. The van der Waals surface area contributed by atoms with Gasteiger partial charge in [0.05, 0.1) is 0 Å². The van der Waals surface area contributed by atoms with Gasteiger partial charge in [-0.1, -0.05) is 12.1 Å². The number of aryl methyl sites for hydroxylation is 1. The lowest BCUT2D eigenvalue weighted by molar-refractivity contribution is 0.0949. The minimum Gasteiger partial charge on any atom is -0.348 e. The van der Waals surface area contributed by atoms with Gasteiger partial charge < -0.3 is 5.32 Å². The molecule has 1 aromatic carbocycles. The van der Waals surface area contributed by atoms with Gasteiger partial charge in [-0.05, 0) is 35.9 Å². The Hall–Kier alpha value is -3.02. The standard InChI is InChI=1S/C17H14FN3O2/c1-21-15-12(3-2-8-19-15)9-14(17(21)23)16(22)20-10-11-4-6-13(18)7-5-11/h2-9H,10H2,1H3,(H,20,22). The summed E-state index contributed by atoms with van der Waals surface area (Å²) >= 11 is 0. The molecule has 0 aliphatic carbocycles. The molecule has 0 aliphatic heterocycles. The second kappa shape index (κ2) is 6.00. The molecule has 0 bridgehead atoms. The Bertz CT molecular complexity index is 933. The van der Waals surface area contributed by atoms with E-state index in [1.165, 1.54) is 22.8 Å². The molecule has 0 fully saturated rings. The van der Waals surface area contributed by atoms with Gasteiger partial charge in [0.15, 0.2) is 0 Å². The van der Waals surface area contributed by atoms with Gasteiger partial charge in [0.25, 0.3) is 11.5 Å². The lowest BCUT2D eigenvalue weighted by Gasteiger charge is -2.08. The quantitative estimate of drug-likeness (QED) is 0.804. The fourth-order valence-corrected chi connectivity index (χ4v) is 2.34. The van der Waals surface area contributed by atoms with Crippen LogP contribution in [0.2, 0.25) is 0 Å². The van der Waals surface area contributed by atoms with Crippen LogP contribution in [0.3, 0.4) is 0 Å². The Morgan fingerprint density at radius 2 is 2.00 bits per heavy atom. The third kappa shape index (κ3) is 2.96. The first-order chi connectivity index (χ1) is 11.1. The molecule has 6 heteroatoms. The molecule has 0 unspecified atom stereocenters. The number of rotatable bonds is 3. The Morgan fingerprint density at radius 1 is 1.26 bits per heavy atom. The molecule has 0 atom stereocenters. The third-order valence-corrected chi connectivity index (χ3v) is 3.58. The summed E-state index contributed by atoms with van der Waals surface area (Å²) in [7, 11) is 1.58. The number of amides is 1.